The number of likely N-dealkylation sites (N-methyl/N-ethyl adjacent to an activating group) is 1. The number of aryl methyl sites for hydroxylation is 1. The molecule has 0 heterocycles. The first-order valence-electron chi connectivity index (χ1n) is 8.42. The van der Waals surface area contributed by atoms with Gasteiger partial charge in [0.25, 0.3) is 0 Å². The van der Waals surface area contributed by atoms with Gasteiger partial charge in [0, 0.05) is 7.05 Å². The molecule has 0 aliphatic heterocycles. The van der Waals surface area contributed by atoms with Gasteiger partial charge in [0.1, 0.15) is 23.1 Å². The van der Waals surface area contributed by atoms with E-state index in [1.807, 2.05) is 31.2 Å². The lowest BCUT2D eigenvalue weighted by atomic mass is 10.2. The van der Waals surface area contributed by atoms with Crippen LogP contribution < -0.4 is 9.46 Å². The van der Waals surface area contributed by atoms with E-state index < -0.39 is 32.7 Å². The molecule has 2 aromatic rings. The summed E-state index contributed by atoms with van der Waals surface area (Å²) >= 11 is 0. The van der Waals surface area contributed by atoms with Crippen LogP contribution in [0.2, 0.25) is 0 Å². The van der Waals surface area contributed by atoms with E-state index in [1.54, 1.807) is 7.05 Å². The smallest absolute Gasteiger partial charge is 0.244 e. The number of sulfonamides is 1. The van der Waals surface area contributed by atoms with Crippen LogP contribution in [0.5, 0.6) is 5.75 Å². The number of hydrogen-bond donors (Lipinski definition) is 1. The zero-order valence-corrected chi connectivity index (χ0v) is 16.3. The molecule has 0 spiro atoms. The normalized spacial score (nSPS) is 12.4. The summed E-state index contributed by atoms with van der Waals surface area (Å²) in [5, 5.41) is 0. The Kier molecular flexibility index (Phi) is 6.92. The van der Waals surface area contributed by atoms with Crippen LogP contribution in [-0.4, -0.2) is 45.5 Å². The Morgan fingerprint density at radius 1 is 1.19 bits per heavy atom. The highest BCUT2D eigenvalue weighted by atomic mass is 32.2. The van der Waals surface area contributed by atoms with Gasteiger partial charge in [-0.15, -0.1) is 0 Å². The summed E-state index contributed by atoms with van der Waals surface area (Å²) < 4.78 is 46.1. The number of carbonyl (C=O) groups is 1. The number of nitrogens with one attached hydrogen (secondary N) is 1. The summed E-state index contributed by atoms with van der Waals surface area (Å²) in [6.07, 6.45) is 0. The number of ether oxygens (including phenoxy) is 1. The molecule has 0 saturated heterocycles. The third kappa shape index (κ3) is 5.51. The predicted molar refractivity (Wildman–Crippen MR) is 100 cm³/mol. The van der Waals surface area contributed by atoms with Crippen molar-refractivity contribution in [3.05, 3.63) is 59.9 Å². The van der Waals surface area contributed by atoms with Crippen LogP contribution >= 0.6 is 0 Å². The molecule has 6 nitrogen and oxygen atoms in total. The van der Waals surface area contributed by atoms with Gasteiger partial charge in [0.2, 0.25) is 15.9 Å². The van der Waals surface area contributed by atoms with Crippen LogP contribution in [0.15, 0.2) is 53.4 Å². The van der Waals surface area contributed by atoms with Crippen molar-refractivity contribution < 1.29 is 22.3 Å². The number of amides is 1. The number of hydrogen-bond acceptors (Lipinski definition) is 4. The Morgan fingerprint density at radius 2 is 1.81 bits per heavy atom. The predicted octanol–water partition coefficient (Wildman–Crippen LogP) is 2.34. The lowest BCUT2D eigenvalue weighted by Gasteiger charge is -2.22. The first-order valence-corrected chi connectivity index (χ1v) is 9.91. The van der Waals surface area contributed by atoms with Crippen LogP contribution in [0.3, 0.4) is 0 Å². The minimum atomic E-state index is -4.14. The average molecular weight is 394 g/mol. The Balaban J connectivity index is 1.92. The van der Waals surface area contributed by atoms with Crippen LogP contribution in [0.25, 0.3) is 0 Å². The molecule has 146 valence electrons. The van der Waals surface area contributed by atoms with E-state index in [4.69, 9.17) is 4.74 Å². The molecule has 2 aromatic carbocycles. The molecule has 1 N–H and O–H groups in total. The second-order valence-corrected chi connectivity index (χ2v) is 7.83. The lowest BCUT2D eigenvalue weighted by molar-refractivity contribution is -0.131. The van der Waals surface area contributed by atoms with Gasteiger partial charge in [-0.1, -0.05) is 30.3 Å². The molecule has 0 radical (unpaired) electrons. The van der Waals surface area contributed by atoms with E-state index in [9.17, 15) is 17.6 Å². The van der Waals surface area contributed by atoms with E-state index in [0.717, 1.165) is 23.4 Å². The molecule has 0 aliphatic carbocycles. The van der Waals surface area contributed by atoms with Crippen LogP contribution in [0, 0.1) is 12.7 Å². The summed E-state index contributed by atoms with van der Waals surface area (Å²) in [5.41, 5.74) is 0.984. The van der Waals surface area contributed by atoms with Gasteiger partial charge in [-0.05, 0) is 37.6 Å². The fourth-order valence-corrected chi connectivity index (χ4v) is 3.74. The van der Waals surface area contributed by atoms with Gasteiger partial charge >= 0.3 is 0 Å². The monoisotopic (exact) mass is 394 g/mol. The molecule has 8 heteroatoms. The molecule has 1 unspecified atom stereocenters. The number of benzene rings is 2. The molecule has 0 aliphatic rings. The number of para-hydroxylation sites is 1. The number of carbonyl (C=O) groups excluding carboxylic acids is 1. The number of halogens is 1. The van der Waals surface area contributed by atoms with Crippen molar-refractivity contribution in [3.8, 4) is 5.75 Å². The fraction of sp³-hybridized carbons (Fsp3) is 0.316. The Labute approximate surface area is 159 Å². The van der Waals surface area contributed by atoms with E-state index in [-0.39, 0.29) is 13.2 Å². The molecule has 0 saturated carbocycles. The molecule has 27 heavy (non-hydrogen) atoms. The summed E-state index contributed by atoms with van der Waals surface area (Å²) in [7, 11) is -2.59. The minimum absolute atomic E-state index is 0.264. The maximum atomic E-state index is 13.7. The number of nitrogens with zero attached hydrogens (tertiary/aromatic N) is 1. The minimum Gasteiger partial charge on any atom is -0.491 e. The second-order valence-electron chi connectivity index (χ2n) is 6.15. The highest BCUT2D eigenvalue weighted by Crippen LogP contribution is 2.16. The van der Waals surface area contributed by atoms with Crippen molar-refractivity contribution in [3.63, 3.8) is 0 Å². The van der Waals surface area contributed by atoms with Crippen LogP contribution in [0.4, 0.5) is 4.39 Å². The maximum absolute atomic E-state index is 13.7. The average Bonchev–Trinajstić information content (AvgIpc) is 2.62. The fourth-order valence-electron chi connectivity index (χ4n) is 2.46. The molecule has 1 amide bonds. The summed E-state index contributed by atoms with van der Waals surface area (Å²) in [5.74, 6) is -0.584. The SMILES string of the molecule is Cc1ccccc1OCCN(C)C(=O)C(C)NS(=O)(=O)c1ccccc1F. The van der Waals surface area contributed by atoms with Crippen molar-refractivity contribution in [1.29, 1.82) is 0 Å². The highest BCUT2D eigenvalue weighted by molar-refractivity contribution is 7.89. The molecule has 0 aromatic heterocycles. The van der Waals surface area contributed by atoms with Crippen LogP contribution in [-0.2, 0) is 14.8 Å². The Bertz CT molecular complexity index is 902. The van der Waals surface area contributed by atoms with Crippen molar-refractivity contribution >= 4 is 15.9 Å². The van der Waals surface area contributed by atoms with Gasteiger partial charge in [-0.2, -0.15) is 4.72 Å². The molecular weight excluding hydrogens is 371 g/mol. The van der Waals surface area contributed by atoms with Crippen molar-refractivity contribution in [2.75, 3.05) is 20.2 Å². The van der Waals surface area contributed by atoms with Gasteiger partial charge in [-0.25, -0.2) is 12.8 Å². The first kappa shape index (κ1) is 20.9. The van der Waals surface area contributed by atoms with Gasteiger partial charge in [-0.3, -0.25) is 4.79 Å². The Morgan fingerprint density at radius 3 is 2.48 bits per heavy atom. The van der Waals surface area contributed by atoms with Gasteiger partial charge < -0.3 is 9.64 Å². The quantitative estimate of drug-likeness (QED) is 0.746. The van der Waals surface area contributed by atoms with Gasteiger partial charge in [0.15, 0.2) is 0 Å². The van der Waals surface area contributed by atoms with Crippen molar-refractivity contribution in [1.82, 2.24) is 9.62 Å². The third-order valence-corrected chi connectivity index (χ3v) is 5.56. The number of rotatable bonds is 8. The highest BCUT2D eigenvalue weighted by Gasteiger charge is 2.26. The third-order valence-electron chi connectivity index (χ3n) is 3.98. The van der Waals surface area contributed by atoms with Crippen molar-refractivity contribution in [2.45, 2.75) is 24.8 Å². The topological polar surface area (TPSA) is 75.7 Å². The van der Waals surface area contributed by atoms with E-state index in [2.05, 4.69) is 4.72 Å². The maximum Gasteiger partial charge on any atom is 0.244 e. The summed E-state index contributed by atoms with van der Waals surface area (Å²) in [4.78, 5) is 13.3. The van der Waals surface area contributed by atoms with E-state index >= 15 is 0 Å². The largest absolute Gasteiger partial charge is 0.491 e. The summed E-state index contributed by atoms with van der Waals surface area (Å²) in [6, 6.07) is 11.5. The van der Waals surface area contributed by atoms with Crippen molar-refractivity contribution in [2.24, 2.45) is 0 Å². The Hall–Kier alpha value is -2.45. The van der Waals surface area contributed by atoms with E-state index in [1.165, 1.54) is 24.0 Å². The zero-order valence-electron chi connectivity index (χ0n) is 15.5. The van der Waals surface area contributed by atoms with Gasteiger partial charge in [0.05, 0.1) is 12.6 Å². The molecular formula is C19H23FN2O4S. The summed E-state index contributed by atoms with van der Waals surface area (Å²) in [6.45, 7) is 3.88. The van der Waals surface area contributed by atoms with Crippen LogP contribution in [0.1, 0.15) is 12.5 Å². The second kappa shape index (κ2) is 8.96. The van der Waals surface area contributed by atoms with E-state index in [0.29, 0.717) is 0 Å². The standard InChI is InChI=1S/C19H23FN2O4S/c1-14-8-4-6-10-17(14)26-13-12-22(3)19(23)15(2)21-27(24,25)18-11-7-5-9-16(18)20/h4-11,15,21H,12-13H2,1-3H3. The molecule has 2 rings (SSSR count). The molecule has 0 bridgehead atoms. The zero-order chi connectivity index (χ0) is 20.0. The molecule has 1 atom stereocenters. The molecule has 0 fully saturated rings. The first-order chi connectivity index (χ1) is 12.7. The lowest BCUT2D eigenvalue weighted by Crippen LogP contribution is -2.46.